The molecule has 0 unspecified atom stereocenters. The summed E-state index contributed by atoms with van der Waals surface area (Å²) >= 11 is 0. The fourth-order valence-electron chi connectivity index (χ4n) is 3.84. The maximum absolute atomic E-state index is 13.0. The van der Waals surface area contributed by atoms with Crippen LogP contribution < -0.4 is 10.6 Å². The number of nitrogens with zero attached hydrogens (tertiary/aromatic N) is 3. The van der Waals surface area contributed by atoms with Crippen LogP contribution in [0.15, 0.2) is 43.0 Å². The number of fused-ring (bicyclic) bond motifs is 1. The molecule has 0 bridgehead atoms. The smallest absolute Gasteiger partial charge is 0.255 e. The van der Waals surface area contributed by atoms with Crippen LogP contribution >= 0.6 is 0 Å². The number of carbonyl (C=O) groups excluding carboxylic acids is 1. The van der Waals surface area contributed by atoms with Crippen LogP contribution in [0.2, 0.25) is 0 Å². The highest BCUT2D eigenvalue weighted by Crippen LogP contribution is 2.29. The lowest BCUT2D eigenvalue weighted by Gasteiger charge is -2.26. The fourth-order valence-corrected chi connectivity index (χ4v) is 3.84. The normalized spacial score (nSPS) is 19.4. The molecule has 1 fully saturated rings. The van der Waals surface area contributed by atoms with Crippen molar-refractivity contribution in [2.45, 2.75) is 57.7 Å². The average Bonchev–Trinajstić information content (AvgIpc) is 3.15. The standard InChI is InChI=1S/C22H27N5O2/c1-14(2)25-21-19(22(29)26-17-5-7-18(28)8-6-17)12-24-27-13-16(10-20(21)27)15-4-3-9-23-11-15/h3-4,9-14,17-18,25,28H,5-8H2,1-2H3,(H,26,29)/t17-,18-. The minimum atomic E-state index is -0.244. The quantitative estimate of drug-likeness (QED) is 0.619. The van der Waals surface area contributed by atoms with Crippen molar-refractivity contribution in [1.82, 2.24) is 19.9 Å². The predicted molar refractivity (Wildman–Crippen MR) is 113 cm³/mol. The van der Waals surface area contributed by atoms with E-state index in [2.05, 4.69) is 20.7 Å². The van der Waals surface area contributed by atoms with Crippen molar-refractivity contribution in [3.05, 3.63) is 48.5 Å². The minimum absolute atomic E-state index is 0.0896. The molecule has 0 radical (unpaired) electrons. The third-order valence-electron chi connectivity index (χ3n) is 5.34. The van der Waals surface area contributed by atoms with Gasteiger partial charge in [0.05, 0.1) is 29.1 Å². The maximum atomic E-state index is 13.0. The third-order valence-corrected chi connectivity index (χ3v) is 5.34. The first-order valence-electron chi connectivity index (χ1n) is 10.2. The largest absolute Gasteiger partial charge is 0.393 e. The summed E-state index contributed by atoms with van der Waals surface area (Å²) in [5.74, 6) is -0.131. The molecule has 3 heterocycles. The summed E-state index contributed by atoms with van der Waals surface area (Å²) in [6, 6.07) is 6.18. The molecule has 0 atom stereocenters. The number of amides is 1. The Bertz CT molecular complexity index is 991. The number of hydrogen-bond acceptors (Lipinski definition) is 5. The van der Waals surface area contributed by atoms with Gasteiger partial charge in [-0.25, -0.2) is 4.52 Å². The molecule has 7 nitrogen and oxygen atoms in total. The number of aliphatic hydroxyl groups excluding tert-OH is 1. The molecule has 3 aromatic heterocycles. The van der Waals surface area contributed by atoms with E-state index in [1.54, 1.807) is 16.9 Å². The number of aromatic nitrogens is 3. The van der Waals surface area contributed by atoms with Gasteiger partial charge < -0.3 is 15.7 Å². The highest BCUT2D eigenvalue weighted by molar-refractivity contribution is 6.03. The molecule has 0 saturated heterocycles. The summed E-state index contributed by atoms with van der Waals surface area (Å²) in [7, 11) is 0. The van der Waals surface area contributed by atoms with Crippen LogP contribution in [-0.2, 0) is 0 Å². The molecule has 0 spiro atoms. The summed E-state index contributed by atoms with van der Waals surface area (Å²) in [6.45, 7) is 4.10. The molecule has 0 aliphatic heterocycles. The fraction of sp³-hybridized carbons (Fsp3) is 0.409. The van der Waals surface area contributed by atoms with E-state index in [0.717, 1.165) is 48.0 Å². The maximum Gasteiger partial charge on any atom is 0.255 e. The molecule has 1 aliphatic rings. The monoisotopic (exact) mass is 393 g/mol. The summed E-state index contributed by atoms with van der Waals surface area (Å²) in [5.41, 5.74) is 4.16. The second kappa shape index (κ2) is 8.21. The molecular weight excluding hydrogens is 366 g/mol. The number of rotatable bonds is 5. The summed E-state index contributed by atoms with van der Waals surface area (Å²) in [6.07, 6.45) is 9.94. The number of pyridine rings is 1. The number of carbonyl (C=O) groups is 1. The Morgan fingerprint density at radius 1 is 1.21 bits per heavy atom. The first-order valence-corrected chi connectivity index (χ1v) is 10.2. The van der Waals surface area contributed by atoms with Crippen molar-refractivity contribution in [1.29, 1.82) is 0 Å². The lowest BCUT2D eigenvalue weighted by atomic mass is 9.93. The molecule has 3 N–H and O–H groups in total. The van der Waals surface area contributed by atoms with E-state index in [1.165, 1.54) is 0 Å². The Balaban J connectivity index is 1.68. The van der Waals surface area contributed by atoms with Crippen molar-refractivity contribution in [2.75, 3.05) is 5.32 Å². The Labute approximate surface area is 170 Å². The molecule has 152 valence electrons. The first kappa shape index (κ1) is 19.4. The van der Waals surface area contributed by atoms with Crippen molar-refractivity contribution in [3.8, 4) is 11.1 Å². The van der Waals surface area contributed by atoms with E-state index in [-0.39, 0.29) is 24.1 Å². The van der Waals surface area contributed by atoms with Gasteiger partial charge in [-0.05, 0) is 51.7 Å². The van der Waals surface area contributed by atoms with E-state index in [1.807, 2.05) is 44.4 Å². The van der Waals surface area contributed by atoms with Crippen molar-refractivity contribution < 1.29 is 9.90 Å². The average molecular weight is 393 g/mol. The van der Waals surface area contributed by atoms with Gasteiger partial charge in [-0.1, -0.05) is 6.07 Å². The van der Waals surface area contributed by atoms with Crippen LogP contribution in [-0.4, -0.2) is 43.8 Å². The highest BCUT2D eigenvalue weighted by Gasteiger charge is 2.24. The predicted octanol–water partition coefficient (Wildman–Crippen LogP) is 3.25. The molecule has 0 aromatic carbocycles. The second-order valence-electron chi connectivity index (χ2n) is 8.01. The van der Waals surface area contributed by atoms with Gasteiger partial charge in [0.15, 0.2) is 0 Å². The Morgan fingerprint density at radius 3 is 2.69 bits per heavy atom. The zero-order valence-corrected chi connectivity index (χ0v) is 16.8. The lowest BCUT2D eigenvalue weighted by Crippen LogP contribution is -2.39. The summed E-state index contributed by atoms with van der Waals surface area (Å²) in [5, 5.41) is 20.7. The van der Waals surface area contributed by atoms with E-state index in [4.69, 9.17) is 0 Å². The van der Waals surface area contributed by atoms with Crippen LogP contribution in [0.3, 0.4) is 0 Å². The van der Waals surface area contributed by atoms with Gasteiger partial charge in [-0.3, -0.25) is 9.78 Å². The molecule has 29 heavy (non-hydrogen) atoms. The molecular formula is C22H27N5O2. The third kappa shape index (κ3) is 4.24. The first-order chi connectivity index (χ1) is 14.0. The topological polar surface area (TPSA) is 91.5 Å². The van der Waals surface area contributed by atoms with E-state index in [0.29, 0.717) is 5.56 Å². The SMILES string of the molecule is CC(C)Nc1c(C(=O)N[C@H]2CC[C@H](O)CC2)cnn2cc(-c3cccnc3)cc12. The minimum Gasteiger partial charge on any atom is -0.393 e. The number of hydrogen-bond donors (Lipinski definition) is 3. The van der Waals surface area contributed by atoms with Crippen LogP contribution in [0.25, 0.3) is 16.6 Å². The van der Waals surface area contributed by atoms with Gasteiger partial charge in [-0.15, -0.1) is 0 Å². The van der Waals surface area contributed by atoms with Gasteiger partial charge in [-0.2, -0.15) is 5.10 Å². The zero-order valence-electron chi connectivity index (χ0n) is 16.8. The Morgan fingerprint density at radius 2 is 2.00 bits per heavy atom. The molecule has 3 aromatic rings. The van der Waals surface area contributed by atoms with Crippen LogP contribution in [0.4, 0.5) is 5.69 Å². The number of aliphatic hydroxyl groups is 1. The molecule has 4 rings (SSSR count). The Hall–Kier alpha value is -2.93. The van der Waals surface area contributed by atoms with Crippen LogP contribution in [0, 0.1) is 0 Å². The van der Waals surface area contributed by atoms with Crippen molar-refractivity contribution in [2.24, 2.45) is 0 Å². The number of nitrogens with one attached hydrogen (secondary N) is 2. The van der Waals surface area contributed by atoms with E-state index >= 15 is 0 Å². The van der Waals surface area contributed by atoms with E-state index in [9.17, 15) is 9.90 Å². The van der Waals surface area contributed by atoms with Gasteiger partial charge in [0, 0.05) is 41.8 Å². The lowest BCUT2D eigenvalue weighted by molar-refractivity contribution is 0.0868. The van der Waals surface area contributed by atoms with Gasteiger partial charge in [0.1, 0.15) is 0 Å². The molecule has 7 heteroatoms. The summed E-state index contributed by atoms with van der Waals surface area (Å²) in [4.78, 5) is 17.2. The van der Waals surface area contributed by atoms with E-state index < -0.39 is 0 Å². The number of anilines is 1. The van der Waals surface area contributed by atoms with Crippen molar-refractivity contribution in [3.63, 3.8) is 0 Å². The molecule has 1 aliphatic carbocycles. The van der Waals surface area contributed by atoms with Crippen LogP contribution in [0.1, 0.15) is 49.9 Å². The highest BCUT2D eigenvalue weighted by atomic mass is 16.3. The van der Waals surface area contributed by atoms with Crippen LogP contribution in [0.5, 0.6) is 0 Å². The zero-order chi connectivity index (χ0) is 20.4. The molecule has 1 amide bonds. The van der Waals surface area contributed by atoms with Gasteiger partial charge in [0.2, 0.25) is 0 Å². The van der Waals surface area contributed by atoms with Gasteiger partial charge >= 0.3 is 0 Å². The Kier molecular flexibility index (Phi) is 5.49. The van der Waals surface area contributed by atoms with Crippen molar-refractivity contribution >= 4 is 17.1 Å². The summed E-state index contributed by atoms with van der Waals surface area (Å²) < 4.78 is 1.79. The molecule has 1 saturated carbocycles. The second-order valence-corrected chi connectivity index (χ2v) is 8.01. The van der Waals surface area contributed by atoms with Gasteiger partial charge in [0.25, 0.3) is 5.91 Å².